The van der Waals surface area contributed by atoms with E-state index in [4.69, 9.17) is 17.3 Å². The zero-order valence-electron chi connectivity index (χ0n) is 22.4. The Morgan fingerprint density at radius 3 is 2.38 bits per heavy atom. The molecule has 0 bridgehead atoms. The van der Waals surface area contributed by atoms with Gasteiger partial charge in [-0.1, -0.05) is 17.7 Å². The van der Waals surface area contributed by atoms with Gasteiger partial charge in [0.1, 0.15) is 6.04 Å². The van der Waals surface area contributed by atoms with Gasteiger partial charge in [0.15, 0.2) is 11.6 Å². The Hall–Kier alpha value is -3.65. The normalized spacial score (nSPS) is 17.8. The molecular formula is C27H30ClF5N6O3. The molecule has 4 rings (SSSR count). The van der Waals surface area contributed by atoms with Crippen molar-refractivity contribution < 1.29 is 36.3 Å². The lowest BCUT2D eigenvalue weighted by molar-refractivity contribution is -0.138. The van der Waals surface area contributed by atoms with Crippen LogP contribution in [0.2, 0.25) is 5.02 Å². The SMILES string of the molecule is NC(=O)C1CCCN1C(=O)NCc1ccc(C(=O)Nc2ccc(Cl)cc2N2CCN(CCC(F)(F)F)CC2)c(F)c1F. The lowest BCUT2D eigenvalue weighted by atomic mass is 10.1. The van der Waals surface area contributed by atoms with Crippen molar-refractivity contribution in [3.05, 3.63) is 58.1 Å². The first-order chi connectivity index (χ1) is 19.8. The number of carbonyl (C=O) groups excluding carboxylic acids is 3. The summed E-state index contributed by atoms with van der Waals surface area (Å²) in [5.41, 5.74) is 5.28. The zero-order valence-corrected chi connectivity index (χ0v) is 23.2. The molecule has 2 saturated heterocycles. The van der Waals surface area contributed by atoms with E-state index in [1.165, 1.54) is 23.1 Å². The third-order valence-electron chi connectivity index (χ3n) is 7.31. The molecule has 42 heavy (non-hydrogen) atoms. The predicted molar refractivity (Wildman–Crippen MR) is 146 cm³/mol. The average Bonchev–Trinajstić information content (AvgIpc) is 3.44. The maximum atomic E-state index is 15.0. The third-order valence-corrected chi connectivity index (χ3v) is 7.55. The minimum atomic E-state index is -4.24. The molecule has 2 aromatic carbocycles. The first kappa shape index (κ1) is 31.3. The molecule has 4 amide bonds. The number of anilines is 2. The van der Waals surface area contributed by atoms with E-state index in [2.05, 4.69) is 10.6 Å². The molecule has 2 aliphatic rings. The molecule has 2 aliphatic heterocycles. The van der Waals surface area contributed by atoms with Crippen LogP contribution in [0.5, 0.6) is 0 Å². The van der Waals surface area contributed by atoms with Crippen molar-refractivity contribution >= 4 is 40.8 Å². The summed E-state index contributed by atoms with van der Waals surface area (Å²) in [5.74, 6) is -4.32. The highest BCUT2D eigenvalue weighted by Crippen LogP contribution is 2.31. The van der Waals surface area contributed by atoms with Crippen LogP contribution in [0.25, 0.3) is 0 Å². The van der Waals surface area contributed by atoms with E-state index in [-0.39, 0.29) is 24.3 Å². The molecule has 0 radical (unpaired) electrons. The van der Waals surface area contributed by atoms with Crippen LogP contribution in [0.1, 0.15) is 35.2 Å². The fourth-order valence-electron chi connectivity index (χ4n) is 5.04. The van der Waals surface area contributed by atoms with Crippen molar-refractivity contribution in [3.8, 4) is 0 Å². The maximum Gasteiger partial charge on any atom is 0.390 e. The van der Waals surface area contributed by atoms with E-state index in [0.29, 0.717) is 56.3 Å². The smallest absolute Gasteiger partial charge is 0.368 e. The van der Waals surface area contributed by atoms with Crippen molar-refractivity contribution in [1.29, 1.82) is 0 Å². The van der Waals surface area contributed by atoms with E-state index in [0.717, 1.165) is 6.07 Å². The van der Waals surface area contributed by atoms with Crippen LogP contribution in [-0.4, -0.2) is 79.1 Å². The van der Waals surface area contributed by atoms with E-state index in [1.807, 2.05) is 4.90 Å². The van der Waals surface area contributed by atoms with E-state index >= 15 is 0 Å². The monoisotopic (exact) mass is 616 g/mol. The van der Waals surface area contributed by atoms with Crippen LogP contribution in [0.15, 0.2) is 30.3 Å². The summed E-state index contributed by atoms with van der Waals surface area (Å²) in [4.78, 5) is 41.7. The lowest BCUT2D eigenvalue weighted by Crippen LogP contribution is -2.48. The minimum absolute atomic E-state index is 0.118. The summed E-state index contributed by atoms with van der Waals surface area (Å²) in [6.07, 6.45) is -4.15. The number of nitrogens with one attached hydrogen (secondary N) is 2. The zero-order chi connectivity index (χ0) is 30.6. The topological polar surface area (TPSA) is 111 Å². The summed E-state index contributed by atoms with van der Waals surface area (Å²) in [7, 11) is 0. The maximum absolute atomic E-state index is 15.0. The summed E-state index contributed by atoms with van der Waals surface area (Å²) in [6.45, 7) is 1.23. The van der Waals surface area contributed by atoms with Gasteiger partial charge in [-0.25, -0.2) is 13.6 Å². The largest absolute Gasteiger partial charge is 0.390 e. The van der Waals surface area contributed by atoms with Gasteiger partial charge >= 0.3 is 12.2 Å². The Labute approximate surface area is 243 Å². The second kappa shape index (κ2) is 13.1. The summed E-state index contributed by atoms with van der Waals surface area (Å²) in [6, 6.07) is 5.43. The van der Waals surface area contributed by atoms with Crippen LogP contribution in [0, 0.1) is 11.6 Å². The van der Waals surface area contributed by atoms with Gasteiger partial charge in [0.05, 0.1) is 23.4 Å². The van der Waals surface area contributed by atoms with Gasteiger partial charge in [0.25, 0.3) is 5.91 Å². The number of amides is 4. The number of nitrogens with two attached hydrogens (primary N) is 1. The van der Waals surface area contributed by atoms with Crippen LogP contribution in [0.3, 0.4) is 0 Å². The molecular weight excluding hydrogens is 587 g/mol. The number of primary amides is 1. The van der Waals surface area contributed by atoms with E-state index in [1.54, 1.807) is 11.0 Å². The van der Waals surface area contributed by atoms with Crippen molar-refractivity contribution in [2.24, 2.45) is 5.73 Å². The van der Waals surface area contributed by atoms with Crippen LogP contribution in [-0.2, 0) is 11.3 Å². The number of hydrogen-bond acceptors (Lipinski definition) is 5. The molecule has 9 nitrogen and oxygen atoms in total. The number of alkyl halides is 3. The number of benzene rings is 2. The Morgan fingerprint density at radius 2 is 1.71 bits per heavy atom. The Kier molecular flexibility index (Phi) is 9.77. The fourth-order valence-corrected chi connectivity index (χ4v) is 5.20. The lowest BCUT2D eigenvalue weighted by Gasteiger charge is -2.37. The highest BCUT2D eigenvalue weighted by atomic mass is 35.5. The number of rotatable bonds is 8. The number of nitrogens with zero attached hydrogens (tertiary/aromatic N) is 3. The molecule has 15 heteroatoms. The van der Waals surface area contributed by atoms with Crippen LogP contribution < -0.4 is 21.3 Å². The van der Waals surface area contributed by atoms with Gasteiger partial charge in [-0.3, -0.25) is 14.5 Å². The minimum Gasteiger partial charge on any atom is -0.368 e. The summed E-state index contributed by atoms with van der Waals surface area (Å²) >= 11 is 6.16. The van der Waals surface area contributed by atoms with Crippen molar-refractivity contribution in [3.63, 3.8) is 0 Å². The number of hydrogen-bond donors (Lipinski definition) is 3. The molecule has 1 atom stereocenters. The number of piperazine rings is 1. The number of halogens is 6. The van der Waals surface area contributed by atoms with Crippen molar-refractivity contribution in [2.45, 2.75) is 38.0 Å². The average molecular weight is 617 g/mol. The molecule has 228 valence electrons. The first-order valence-electron chi connectivity index (χ1n) is 13.3. The number of carbonyl (C=O) groups is 3. The molecule has 2 aromatic rings. The van der Waals surface area contributed by atoms with Gasteiger partial charge in [-0.15, -0.1) is 0 Å². The second-order valence-corrected chi connectivity index (χ2v) is 10.6. The highest BCUT2D eigenvalue weighted by Gasteiger charge is 2.33. The van der Waals surface area contributed by atoms with Gasteiger partial charge < -0.3 is 26.2 Å². The Bertz CT molecular complexity index is 1340. The first-order valence-corrected chi connectivity index (χ1v) is 13.7. The predicted octanol–water partition coefficient (Wildman–Crippen LogP) is 4.10. The van der Waals surface area contributed by atoms with Gasteiger partial charge in [0.2, 0.25) is 5.91 Å². The highest BCUT2D eigenvalue weighted by molar-refractivity contribution is 6.31. The number of urea groups is 1. The van der Waals surface area contributed by atoms with Gasteiger partial charge in [-0.2, -0.15) is 13.2 Å². The van der Waals surface area contributed by atoms with Gasteiger partial charge in [0, 0.05) is 56.4 Å². The number of likely N-dealkylation sites (tertiary alicyclic amines) is 1. The molecule has 2 fully saturated rings. The van der Waals surface area contributed by atoms with Gasteiger partial charge in [-0.05, 0) is 37.1 Å². The molecule has 0 spiro atoms. The van der Waals surface area contributed by atoms with Crippen LogP contribution >= 0.6 is 11.6 Å². The Balaban J connectivity index is 1.41. The molecule has 1 unspecified atom stereocenters. The standard InChI is InChI=1S/C27H30ClF5N6O3/c28-17-4-6-19(21(14-17)38-12-10-37(11-13-38)9-7-27(31,32)33)36-25(41)18-5-3-16(22(29)23(18)30)15-35-26(42)39-8-1-2-20(39)24(34)40/h3-6,14,20H,1-2,7-13,15H2,(H2,34,40)(H,35,42)(H,36,41). The second-order valence-electron chi connectivity index (χ2n) is 10.1. The fraction of sp³-hybridized carbons (Fsp3) is 0.444. The molecule has 0 aromatic heterocycles. The Morgan fingerprint density at radius 1 is 1.00 bits per heavy atom. The van der Waals surface area contributed by atoms with Crippen molar-refractivity contribution in [1.82, 2.24) is 15.1 Å². The van der Waals surface area contributed by atoms with E-state index < -0.39 is 53.7 Å². The van der Waals surface area contributed by atoms with Crippen molar-refractivity contribution in [2.75, 3.05) is 49.5 Å². The summed E-state index contributed by atoms with van der Waals surface area (Å²) < 4.78 is 67.6. The summed E-state index contributed by atoms with van der Waals surface area (Å²) in [5, 5.41) is 5.36. The molecule has 0 aliphatic carbocycles. The third kappa shape index (κ3) is 7.59. The molecule has 0 saturated carbocycles. The quantitative estimate of drug-likeness (QED) is 0.387. The van der Waals surface area contributed by atoms with E-state index in [9.17, 15) is 36.3 Å². The molecule has 2 heterocycles. The molecule has 4 N–H and O–H groups in total. The van der Waals surface area contributed by atoms with Crippen LogP contribution in [0.4, 0.5) is 38.1 Å².